The first-order valence-electron chi connectivity index (χ1n) is 4.64. The summed E-state index contributed by atoms with van der Waals surface area (Å²) in [4.78, 5) is 14.3. The van der Waals surface area contributed by atoms with Crippen molar-refractivity contribution in [2.45, 2.75) is 17.1 Å². The first-order valence-corrected chi connectivity index (χ1v) is 5.90. The molecule has 1 amide bonds. The van der Waals surface area contributed by atoms with Crippen molar-refractivity contribution in [3.63, 3.8) is 0 Å². The summed E-state index contributed by atoms with van der Waals surface area (Å²) in [6.07, 6.45) is 0. The number of carbonyl (C=O) groups excluding carboxylic acids is 1. The SMILES string of the molecule is C[C@H](Sc1ccc(Cl)cc1)C(=O)N(C)C. The van der Waals surface area contributed by atoms with Crippen LogP contribution in [0.2, 0.25) is 5.02 Å². The van der Waals surface area contributed by atoms with Gasteiger partial charge in [0, 0.05) is 24.0 Å². The van der Waals surface area contributed by atoms with E-state index in [9.17, 15) is 4.79 Å². The third kappa shape index (κ3) is 3.76. The van der Waals surface area contributed by atoms with E-state index in [1.54, 1.807) is 19.0 Å². The molecule has 0 N–H and O–H groups in total. The van der Waals surface area contributed by atoms with Gasteiger partial charge in [-0.2, -0.15) is 0 Å². The van der Waals surface area contributed by atoms with Crippen LogP contribution >= 0.6 is 23.4 Å². The fraction of sp³-hybridized carbons (Fsp3) is 0.364. The van der Waals surface area contributed by atoms with Gasteiger partial charge in [0.05, 0.1) is 5.25 Å². The van der Waals surface area contributed by atoms with Gasteiger partial charge in [0.15, 0.2) is 0 Å². The summed E-state index contributed by atoms with van der Waals surface area (Å²) in [5, 5.41) is 0.645. The molecule has 2 nitrogen and oxygen atoms in total. The highest BCUT2D eigenvalue weighted by molar-refractivity contribution is 8.00. The van der Waals surface area contributed by atoms with Crippen LogP contribution in [0.3, 0.4) is 0 Å². The van der Waals surface area contributed by atoms with E-state index >= 15 is 0 Å². The molecule has 15 heavy (non-hydrogen) atoms. The Kier molecular flexibility index (Phi) is 4.48. The standard InChI is InChI=1S/C11H14ClNOS/c1-8(11(14)13(2)3)15-10-6-4-9(12)5-7-10/h4-8H,1-3H3/t8-/m0/s1. The summed E-state index contributed by atoms with van der Waals surface area (Å²) >= 11 is 7.32. The molecule has 1 aromatic rings. The largest absolute Gasteiger partial charge is 0.348 e. The molecule has 1 rings (SSSR count). The zero-order valence-electron chi connectivity index (χ0n) is 9.03. The van der Waals surface area contributed by atoms with Crippen LogP contribution < -0.4 is 0 Å². The molecule has 0 aromatic heterocycles. The lowest BCUT2D eigenvalue weighted by Gasteiger charge is -2.16. The van der Waals surface area contributed by atoms with Crippen LogP contribution in [0.15, 0.2) is 29.2 Å². The van der Waals surface area contributed by atoms with Crippen molar-refractivity contribution in [3.8, 4) is 0 Å². The van der Waals surface area contributed by atoms with Crippen molar-refractivity contribution < 1.29 is 4.79 Å². The fourth-order valence-electron chi connectivity index (χ4n) is 1.13. The number of thioether (sulfide) groups is 1. The predicted molar refractivity (Wildman–Crippen MR) is 65.5 cm³/mol. The Morgan fingerprint density at radius 3 is 2.33 bits per heavy atom. The summed E-state index contributed by atoms with van der Waals surface area (Å²) in [5.74, 6) is 0.120. The maximum atomic E-state index is 11.6. The van der Waals surface area contributed by atoms with Gasteiger partial charge in [-0.3, -0.25) is 4.79 Å². The lowest BCUT2D eigenvalue weighted by atomic mass is 10.4. The van der Waals surface area contributed by atoms with Gasteiger partial charge in [0.25, 0.3) is 0 Å². The van der Waals surface area contributed by atoms with Crippen molar-refractivity contribution in [1.82, 2.24) is 4.90 Å². The van der Waals surface area contributed by atoms with Crippen LogP contribution in [0.5, 0.6) is 0 Å². The van der Waals surface area contributed by atoms with Crippen molar-refractivity contribution in [2.75, 3.05) is 14.1 Å². The lowest BCUT2D eigenvalue weighted by molar-refractivity contribution is -0.127. The normalized spacial score (nSPS) is 12.3. The number of benzene rings is 1. The minimum Gasteiger partial charge on any atom is -0.348 e. The molecule has 0 fully saturated rings. The van der Waals surface area contributed by atoms with Gasteiger partial charge in [-0.25, -0.2) is 0 Å². The second-order valence-electron chi connectivity index (χ2n) is 3.45. The van der Waals surface area contributed by atoms with Crippen LogP contribution in [0.1, 0.15) is 6.92 Å². The molecular formula is C11H14ClNOS. The smallest absolute Gasteiger partial charge is 0.235 e. The van der Waals surface area contributed by atoms with Crippen LogP contribution in [-0.4, -0.2) is 30.2 Å². The van der Waals surface area contributed by atoms with E-state index in [1.165, 1.54) is 11.8 Å². The molecule has 0 bridgehead atoms. The van der Waals surface area contributed by atoms with Crippen LogP contribution in [0, 0.1) is 0 Å². The highest BCUT2D eigenvalue weighted by atomic mass is 35.5. The van der Waals surface area contributed by atoms with Crippen molar-refractivity contribution in [2.24, 2.45) is 0 Å². The first-order chi connectivity index (χ1) is 7.00. The number of nitrogens with zero attached hydrogens (tertiary/aromatic N) is 1. The Bertz CT molecular complexity index is 337. The second-order valence-corrected chi connectivity index (χ2v) is 5.30. The summed E-state index contributed by atoms with van der Waals surface area (Å²) in [6.45, 7) is 1.90. The maximum Gasteiger partial charge on any atom is 0.235 e. The van der Waals surface area contributed by atoms with Crippen LogP contribution in [0.4, 0.5) is 0 Å². The van der Waals surface area contributed by atoms with E-state index < -0.39 is 0 Å². The van der Waals surface area contributed by atoms with Gasteiger partial charge < -0.3 is 4.90 Å². The average Bonchev–Trinajstić information content (AvgIpc) is 2.20. The van der Waals surface area contributed by atoms with Gasteiger partial charge in [-0.15, -0.1) is 11.8 Å². The topological polar surface area (TPSA) is 20.3 Å². The third-order valence-electron chi connectivity index (χ3n) is 1.92. The number of halogens is 1. The molecule has 0 spiro atoms. The molecular weight excluding hydrogens is 230 g/mol. The monoisotopic (exact) mass is 243 g/mol. The van der Waals surface area contributed by atoms with Crippen LogP contribution in [0.25, 0.3) is 0 Å². The van der Waals surface area contributed by atoms with Crippen molar-refractivity contribution in [3.05, 3.63) is 29.3 Å². The molecule has 0 aliphatic rings. The van der Waals surface area contributed by atoms with Crippen LogP contribution in [-0.2, 0) is 4.79 Å². The lowest BCUT2D eigenvalue weighted by Crippen LogP contribution is -2.29. The number of amides is 1. The highest BCUT2D eigenvalue weighted by Gasteiger charge is 2.15. The Morgan fingerprint density at radius 2 is 1.87 bits per heavy atom. The Hall–Kier alpha value is -0.670. The third-order valence-corrected chi connectivity index (χ3v) is 3.27. The van der Waals surface area contributed by atoms with E-state index in [4.69, 9.17) is 11.6 Å². The zero-order chi connectivity index (χ0) is 11.4. The van der Waals surface area contributed by atoms with E-state index in [-0.39, 0.29) is 11.2 Å². The number of hydrogen-bond acceptors (Lipinski definition) is 2. The maximum absolute atomic E-state index is 11.6. The van der Waals surface area contributed by atoms with E-state index in [0.29, 0.717) is 5.02 Å². The molecule has 0 radical (unpaired) electrons. The average molecular weight is 244 g/mol. The summed E-state index contributed by atoms with van der Waals surface area (Å²) in [6, 6.07) is 7.51. The molecule has 0 saturated heterocycles. The number of rotatable bonds is 3. The van der Waals surface area contributed by atoms with Gasteiger partial charge in [-0.05, 0) is 31.2 Å². The molecule has 0 aliphatic heterocycles. The Labute approximate surface area is 99.6 Å². The zero-order valence-corrected chi connectivity index (χ0v) is 10.6. The molecule has 0 unspecified atom stereocenters. The Morgan fingerprint density at radius 1 is 1.33 bits per heavy atom. The predicted octanol–water partition coefficient (Wildman–Crippen LogP) is 2.91. The summed E-state index contributed by atoms with van der Waals surface area (Å²) in [7, 11) is 3.53. The molecule has 1 atom stereocenters. The van der Waals surface area contributed by atoms with Gasteiger partial charge in [-0.1, -0.05) is 11.6 Å². The highest BCUT2D eigenvalue weighted by Crippen LogP contribution is 2.25. The minimum absolute atomic E-state index is 0.0684. The van der Waals surface area contributed by atoms with E-state index in [0.717, 1.165) is 4.90 Å². The second kappa shape index (κ2) is 5.42. The number of hydrogen-bond donors (Lipinski definition) is 0. The molecule has 0 aliphatic carbocycles. The van der Waals surface area contributed by atoms with E-state index in [1.807, 2.05) is 31.2 Å². The quantitative estimate of drug-likeness (QED) is 0.761. The first kappa shape index (κ1) is 12.4. The number of carbonyl (C=O) groups is 1. The molecule has 4 heteroatoms. The van der Waals surface area contributed by atoms with Gasteiger partial charge in [0.2, 0.25) is 5.91 Å². The summed E-state index contributed by atoms with van der Waals surface area (Å²) in [5.41, 5.74) is 0. The van der Waals surface area contributed by atoms with Crippen molar-refractivity contribution in [1.29, 1.82) is 0 Å². The Balaban J connectivity index is 2.62. The van der Waals surface area contributed by atoms with Gasteiger partial charge in [0.1, 0.15) is 0 Å². The molecule has 0 heterocycles. The molecule has 0 saturated carbocycles. The van der Waals surface area contributed by atoms with Gasteiger partial charge >= 0.3 is 0 Å². The molecule has 1 aromatic carbocycles. The minimum atomic E-state index is -0.0684. The van der Waals surface area contributed by atoms with E-state index in [2.05, 4.69) is 0 Å². The van der Waals surface area contributed by atoms with Crippen molar-refractivity contribution >= 4 is 29.3 Å². The fourth-order valence-corrected chi connectivity index (χ4v) is 2.27. The molecule has 82 valence electrons. The summed E-state index contributed by atoms with van der Waals surface area (Å²) < 4.78 is 0.